The quantitative estimate of drug-likeness (QED) is 0.409. The second-order valence-electron chi connectivity index (χ2n) is 8.71. The highest BCUT2D eigenvalue weighted by molar-refractivity contribution is 6.05. The van der Waals surface area contributed by atoms with Gasteiger partial charge in [-0.15, -0.1) is 0 Å². The molecule has 0 fully saturated rings. The van der Waals surface area contributed by atoms with Gasteiger partial charge < -0.3 is 14.8 Å². The lowest BCUT2D eigenvalue weighted by molar-refractivity contribution is -0.137. The van der Waals surface area contributed by atoms with E-state index in [4.69, 9.17) is 0 Å². The lowest BCUT2D eigenvalue weighted by Gasteiger charge is -2.39. The van der Waals surface area contributed by atoms with Gasteiger partial charge in [-0.1, -0.05) is 42.5 Å². The molecule has 2 atom stereocenters. The highest BCUT2D eigenvalue weighted by Crippen LogP contribution is 2.45. The number of amides is 2. The maximum atomic E-state index is 13.7. The number of nitrogens with zero attached hydrogens (tertiary/aromatic N) is 2. The molecule has 1 aliphatic rings. The Morgan fingerprint density at radius 3 is 2.40 bits per heavy atom. The van der Waals surface area contributed by atoms with E-state index in [1.807, 2.05) is 42.1 Å². The summed E-state index contributed by atoms with van der Waals surface area (Å²) < 4.78 is 41.6. The zero-order chi connectivity index (χ0) is 24.9. The molecular weight excluding hydrogens is 455 g/mol. The fourth-order valence-corrected chi connectivity index (χ4v) is 4.95. The van der Waals surface area contributed by atoms with Crippen LogP contribution in [0.15, 0.2) is 79.0 Å². The van der Waals surface area contributed by atoms with Gasteiger partial charge in [0, 0.05) is 48.0 Å². The number of alkyl halides is 3. The summed E-state index contributed by atoms with van der Waals surface area (Å²) in [5.74, 6) is -1.55. The minimum atomic E-state index is -4.53. The zero-order valence-corrected chi connectivity index (χ0v) is 19.0. The molecule has 35 heavy (non-hydrogen) atoms. The Kier molecular flexibility index (Phi) is 5.39. The number of para-hydroxylation sites is 1. The largest absolute Gasteiger partial charge is 0.416 e. The maximum Gasteiger partial charge on any atom is 0.416 e. The summed E-state index contributed by atoms with van der Waals surface area (Å²) in [4.78, 5) is 28.6. The van der Waals surface area contributed by atoms with Crippen LogP contribution in [-0.2, 0) is 18.0 Å². The van der Waals surface area contributed by atoms with Gasteiger partial charge in [-0.25, -0.2) is 0 Å². The third kappa shape index (κ3) is 3.84. The fraction of sp³-hybridized carbons (Fsp3) is 0.185. The highest BCUT2D eigenvalue weighted by atomic mass is 19.4. The number of aryl methyl sites for hydroxylation is 1. The first-order valence-corrected chi connectivity index (χ1v) is 11.0. The van der Waals surface area contributed by atoms with Crippen LogP contribution in [0.4, 0.5) is 18.9 Å². The fourth-order valence-electron chi connectivity index (χ4n) is 4.95. The first kappa shape index (κ1) is 22.7. The van der Waals surface area contributed by atoms with Gasteiger partial charge in [-0.3, -0.25) is 9.59 Å². The number of nitrogens with one attached hydrogen (secondary N) is 1. The van der Waals surface area contributed by atoms with Crippen molar-refractivity contribution in [1.82, 2.24) is 9.47 Å². The molecule has 1 aliphatic heterocycles. The topological polar surface area (TPSA) is 54.3 Å². The maximum absolute atomic E-state index is 13.7. The molecule has 2 amide bonds. The average molecular weight is 477 g/mol. The normalized spacial score (nSPS) is 18.0. The van der Waals surface area contributed by atoms with Gasteiger partial charge in [0.25, 0.3) is 5.91 Å². The van der Waals surface area contributed by atoms with Gasteiger partial charge in [0.2, 0.25) is 5.91 Å². The number of likely N-dealkylation sites (N-methyl/N-ethyl adjacent to an activating group) is 1. The van der Waals surface area contributed by atoms with Crippen molar-refractivity contribution in [2.45, 2.75) is 18.1 Å². The van der Waals surface area contributed by atoms with Gasteiger partial charge in [-0.05, 0) is 35.9 Å². The number of hydrogen-bond donors (Lipinski definition) is 1. The van der Waals surface area contributed by atoms with Crippen molar-refractivity contribution in [2.24, 2.45) is 7.05 Å². The van der Waals surface area contributed by atoms with E-state index >= 15 is 0 Å². The van der Waals surface area contributed by atoms with Gasteiger partial charge in [-0.2, -0.15) is 13.2 Å². The molecule has 0 aliphatic carbocycles. The number of aromatic nitrogens is 1. The summed E-state index contributed by atoms with van der Waals surface area (Å²) in [5, 5.41) is 3.57. The summed E-state index contributed by atoms with van der Waals surface area (Å²) in [6.07, 6.45) is -2.63. The molecular formula is C27H22F3N3O2. The number of halogens is 3. The summed E-state index contributed by atoms with van der Waals surface area (Å²) in [5.41, 5.74) is 1.86. The van der Waals surface area contributed by atoms with Gasteiger partial charge >= 0.3 is 6.18 Å². The Balaban J connectivity index is 1.64. The molecule has 2 heterocycles. The summed E-state index contributed by atoms with van der Waals surface area (Å²) in [7, 11) is 3.54. The molecule has 1 N–H and O–H groups in total. The molecule has 1 aromatic heterocycles. The zero-order valence-electron chi connectivity index (χ0n) is 19.0. The van der Waals surface area contributed by atoms with E-state index in [9.17, 15) is 22.8 Å². The molecule has 0 radical (unpaired) electrons. The summed E-state index contributed by atoms with van der Waals surface area (Å²) in [6, 6.07) is 18.5. The number of fused-ring (bicyclic) bond motifs is 2. The van der Waals surface area contributed by atoms with Crippen molar-refractivity contribution < 1.29 is 22.8 Å². The third-order valence-electron chi connectivity index (χ3n) is 6.57. The van der Waals surface area contributed by atoms with E-state index < -0.39 is 29.6 Å². The Morgan fingerprint density at radius 2 is 1.63 bits per heavy atom. The van der Waals surface area contributed by atoms with E-state index in [1.54, 1.807) is 36.2 Å². The van der Waals surface area contributed by atoms with Gasteiger partial charge in [0.15, 0.2) is 0 Å². The standard InChI is InChI=1S/C27H22F3N3O2/c1-32-15-21(18-10-5-6-13-22(18)32)24-23(19-11-3-4-12-20(19)26(35)33(24)2)25(34)31-17-9-7-8-16(14-17)27(28,29)30/h3-15,23-24H,1-2H3,(H,31,34)/t23-,24+/m1/s1. The first-order valence-electron chi connectivity index (χ1n) is 11.0. The number of hydrogen-bond acceptors (Lipinski definition) is 2. The number of rotatable bonds is 3. The van der Waals surface area contributed by atoms with Crippen LogP contribution in [0, 0.1) is 0 Å². The number of carbonyl (C=O) groups is 2. The minimum absolute atomic E-state index is 0.0403. The van der Waals surface area contributed by atoms with Crippen LogP contribution < -0.4 is 5.32 Å². The molecule has 0 unspecified atom stereocenters. The Morgan fingerprint density at radius 1 is 0.914 bits per heavy atom. The molecule has 5 nitrogen and oxygen atoms in total. The monoisotopic (exact) mass is 477 g/mol. The molecule has 3 aromatic carbocycles. The van der Waals surface area contributed by atoms with Gasteiger partial charge in [0.1, 0.15) is 0 Å². The summed E-state index contributed by atoms with van der Waals surface area (Å²) in [6.45, 7) is 0. The first-order chi connectivity index (χ1) is 16.7. The minimum Gasteiger partial charge on any atom is -0.350 e. The van der Waals surface area contributed by atoms with E-state index in [2.05, 4.69) is 5.32 Å². The predicted octanol–water partition coefficient (Wildman–Crippen LogP) is 5.75. The summed E-state index contributed by atoms with van der Waals surface area (Å²) >= 11 is 0. The number of anilines is 1. The van der Waals surface area contributed by atoms with Crippen LogP contribution in [-0.4, -0.2) is 28.3 Å². The highest BCUT2D eigenvalue weighted by Gasteiger charge is 2.43. The van der Waals surface area contributed by atoms with Crippen LogP contribution in [0.3, 0.4) is 0 Å². The van der Waals surface area contributed by atoms with E-state index in [0.29, 0.717) is 11.1 Å². The van der Waals surface area contributed by atoms with Crippen molar-refractivity contribution in [2.75, 3.05) is 12.4 Å². The predicted molar refractivity (Wildman–Crippen MR) is 127 cm³/mol. The van der Waals surface area contributed by atoms with Crippen LogP contribution in [0.25, 0.3) is 10.9 Å². The molecule has 178 valence electrons. The van der Waals surface area contributed by atoms with E-state index in [1.165, 1.54) is 12.1 Å². The van der Waals surface area contributed by atoms with Crippen molar-refractivity contribution in [3.05, 3.63) is 101 Å². The molecule has 0 saturated carbocycles. The molecule has 8 heteroatoms. The van der Waals surface area contributed by atoms with Crippen LogP contribution in [0.2, 0.25) is 0 Å². The number of carbonyl (C=O) groups excluding carboxylic acids is 2. The average Bonchev–Trinajstić information content (AvgIpc) is 3.17. The van der Waals surface area contributed by atoms with Crippen LogP contribution >= 0.6 is 0 Å². The Hall–Kier alpha value is -4.07. The number of benzene rings is 3. The second kappa shape index (κ2) is 8.30. The van der Waals surface area contributed by atoms with Crippen LogP contribution in [0.5, 0.6) is 0 Å². The third-order valence-corrected chi connectivity index (χ3v) is 6.57. The molecule has 4 aromatic rings. The molecule has 0 saturated heterocycles. The Bertz CT molecular complexity index is 1460. The molecule has 0 spiro atoms. The molecule has 0 bridgehead atoms. The van der Waals surface area contributed by atoms with Crippen molar-refractivity contribution in [3.8, 4) is 0 Å². The Labute approximate surface area is 199 Å². The van der Waals surface area contributed by atoms with Crippen LogP contribution in [0.1, 0.15) is 39.0 Å². The van der Waals surface area contributed by atoms with Crippen molar-refractivity contribution >= 4 is 28.4 Å². The SMILES string of the molecule is CN1C(=O)c2ccccc2[C@@H](C(=O)Nc2cccc(C(F)(F)F)c2)[C@@H]1c1cn(C)c2ccccc12. The van der Waals surface area contributed by atoms with E-state index in [-0.39, 0.29) is 11.6 Å². The van der Waals surface area contributed by atoms with E-state index in [0.717, 1.165) is 28.6 Å². The second-order valence-corrected chi connectivity index (χ2v) is 8.71. The lowest BCUT2D eigenvalue weighted by Crippen LogP contribution is -2.44. The van der Waals surface area contributed by atoms with Crippen molar-refractivity contribution in [1.29, 1.82) is 0 Å². The smallest absolute Gasteiger partial charge is 0.350 e. The van der Waals surface area contributed by atoms with Crippen molar-refractivity contribution in [3.63, 3.8) is 0 Å². The van der Waals surface area contributed by atoms with Gasteiger partial charge in [0.05, 0.1) is 17.5 Å². The lowest BCUT2D eigenvalue weighted by atomic mass is 9.79. The molecule has 5 rings (SSSR count).